The summed E-state index contributed by atoms with van der Waals surface area (Å²) in [7, 11) is 0. The van der Waals surface area contributed by atoms with Crippen LogP contribution in [0.25, 0.3) is 0 Å². The minimum atomic E-state index is 0.787. The van der Waals surface area contributed by atoms with Crippen molar-refractivity contribution in [2.24, 2.45) is 0 Å². The average molecular weight is 292 g/mol. The highest BCUT2D eigenvalue weighted by Gasteiger charge is 2.18. The molecule has 1 aliphatic rings. The third-order valence-corrected chi connectivity index (χ3v) is 4.46. The summed E-state index contributed by atoms with van der Waals surface area (Å²) in [5.41, 5.74) is 0. The zero-order chi connectivity index (χ0) is 13.6. The molecule has 3 heterocycles. The van der Waals surface area contributed by atoms with Gasteiger partial charge in [-0.2, -0.15) is 0 Å². The van der Waals surface area contributed by atoms with Gasteiger partial charge in [-0.3, -0.25) is 0 Å². The second-order valence-electron chi connectivity index (χ2n) is 5.03. The molecule has 20 heavy (non-hydrogen) atoms. The van der Waals surface area contributed by atoms with Crippen molar-refractivity contribution < 1.29 is 8.83 Å². The number of hydrogen-bond donors (Lipinski definition) is 0. The van der Waals surface area contributed by atoms with Crippen LogP contribution in [0.1, 0.15) is 30.8 Å². The van der Waals surface area contributed by atoms with E-state index in [1.165, 1.54) is 19.3 Å². The quantitative estimate of drug-likeness (QED) is 0.753. The van der Waals surface area contributed by atoms with E-state index in [1.807, 2.05) is 36.4 Å². The molecule has 5 heteroatoms. The number of rotatable bonds is 6. The Balaban J connectivity index is 1.62. The molecule has 0 radical (unpaired) electrons. The molecule has 0 unspecified atom stereocenters. The van der Waals surface area contributed by atoms with Crippen molar-refractivity contribution in [3.8, 4) is 0 Å². The van der Waals surface area contributed by atoms with Gasteiger partial charge in [-0.1, -0.05) is 6.42 Å². The Morgan fingerprint density at radius 2 is 1.55 bits per heavy atom. The Hall–Kier alpha value is -1.17. The van der Waals surface area contributed by atoms with E-state index in [0.29, 0.717) is 0 Å². The summed E-state index contributed by atoms with van der Waals surface area (Å²) in [5, 5.41) is 0. The smallest absolute Gasteiger partial charge is 0.118 e. The van der Waals surface area contributed by atoms with Gasteiger partial charge in [-0.25, -0.2) is 8.61 Å². The molecule has 1 fully saturated rings. The molecule has 0 aliphatic carbocycles. The molecule has 4 nitrogen and oxygen atoms in total. The van der Waals surface area contributed by atoms with Gasteiger partial charge < -0.3 is 8.83 Å². The first-order valence-corrected chi connectivity index (χ1v) is 7.86. The fraction of sp³-hybridized carbons (Fsp3) is 0.467. The second kappa shape index (κ2) is 7.02. The van der Waals surface area contributed by atoms with Gasteiger partial charge >= 0.3 is 0 Å². The lowest BCUT2D eigenvalue weighted by Gasteiger charge is -2.30. The van der Waals surface area contributed by atoms with Gasteiger partial charge in [0.05, 0.1) is 25.6 Å². The van der Waals surface area contributed by atoms with Gasteiger partial charge in [0.2, 0.25) is 0 Å². The molecule has 0 atom stereocenters. The molecule has 2 aromatic heterocycles. The van der Waals surface area contributed by atoms with Crippen LogP contribution in [0, 0.1) is 0 Å². The van der Waals surface area contributed by atoms with E-state index in [0.717, 1.165) is 37.7 Å². The van der Waals surface area contributed by atoms with Crippen LogP contribution in [0.2, 0.25) is 0 Å². The van der Waals surface area contributed by atoms with Crippen LogP contribution in [-0.4, -0.2) is 21.7 Å². The van der Waals surface area contributed by atoms with Gasteiger partial charge in [0.15, 0.2) is 0 Å². The van der Waals surface area contributed by atoms with Gasteiger partial charge in [0.25, 0.3) is 0 Å². The minimum absolute atomic E-state index is 0.787. The predicted molar refractivity (Wildman–Crippen MR) is 79.7 cm³/mol. The van der Waals surface area contributed by atoms with Crippen LogP contribution >= 0.6 is 12.1 Å². The Labute approximate surface area is 124 Å². The molecule has 1 aliphatic heterocycles. The van der Waals surface area contributed by atoms with E-state index < -0.39 is 0 Å². The highest BCUT2D eigenvalue weighted by Crippen LogP contribution is 2.25. The lowest BCUT2D eigenvalue weighted by atomic mass is 10.2. The molecule has 0 saturated carbocycles. The van der Waals surface area contributed by atoms with Crippen molar-refractivity contribution in [3.63, 3.8) is 0 Å². The fourth-order valence-corrected chi connectivity index (χ4v) is 3.49. The summed E-state index contributed by atoms with van der Waals surface area (Å²) in [6, 6.07) is 7.91. The Morgan fingerprint density at radius 1 is 0.950 bits per heavy atom. The van der Waals surface area contributed by atoms with E-state index in [9.17, 15) is 0 Å². The number of nitrogens with zero attached hydrogens (tertiary/aromatic N) is 2. The third-order valence-electron chi connectivity index (χ3n) is 3.37. The maximum absolute atomic E-state index is 5.47. The van der Waals surface area contributed by atoms with Crippen LogP contribution in [0.5, 0.6) is 0 Å². The molecule has 3 rings (SSSR count). The van der Waals surface area contributed by atoms with E-state index >= 15 is 0 Å². The summed E-state index contributed by atoms with van der Waals surface area (Å²) in [4.78, 5) is 0. The number of hydrogen-bond acceptors (Lipinski definition) is 5. The van der Waals surface area contributed by atoms with Crippen LogP contribution in [0.3, 0.4) is 0 Å². The van der Waals surface area contributed by atoms with Gasteiger partial charge in [0, 0.05) is 25.2 Å². The molecule has 0 spiro atoms. The minimum Gasteiger partial charge on any atom is -0.468 e. The van der Waals surface area contributed by atoms with Crippen molar-refractivity contribution in [2.45, 2.75) is 32.4 Å². The van der Waals surface area contributed by atoms with Gasteiger partial charge in [0.1, 0.15) is 11.5 Å². The highest BCUT2D eigenvalue weighted by atomic mass is 32.2. The first-order valence-electron chi connectivity index (χ1n) is 7.13. The van der Waals surface area contributed by atoms with Crippen molar-refractivity contribution in [2.75, 3.05) is 13.1 Å². The maximum atomic E-state index is 5.47. The highest BCUT2D eigenvalue weighted by molar-refractivity contribution is 7.94. The lowest BCUT2D eigenvalue weighted by Crippen LogP contribution is -2.29. The largest absolute Gasteiger partial charge is 0.468 e. The SMILES string of the molecule is c1coc(CN(Cc2ccco2)SN2CCCCC2)c1. The zero-order valence-corrected chi connectivity index (χ0v) is 12.3. The van der Waals surface area contributed by atoms with Crippen molar-refractivity contribution in [3.05, 3.63) is 48.3 Å². The summed E-state index contributed by atoms with van der Waals surface area (Å²) >= 11 is 1.81. The fourth-order valence-electron chi connectivity index (χ4n) is 2.38. The molecule has 0 amide bonds. The molecule has 0 bridgehead atoms. The van der Waals surface area contributed by atoms with Crippen molar-refractivity contribution in [1.82, 2.24) is 8.61 Å². The monoisotopic (exact) mass is 292 g/mol. The third kappa shape index (κ3) is 3.91. The Kier molecular flexibility index (Phi) is 4.84. The molecule has 0 aromatic carbocycles. The van der Waals surface area contributed by atoms with E-state index in [-0.39, 0.29) is 0 Å². The molecule has 2 aromatic rings. The van der Waals surface area contributed by atoms with Crippen molar-refractivity contribution in [1.29, 1.82) is 0 Å². The first kappa shape index (κ1) is 13.8. The standard InChI is InChI=1S/C15H20N2O2S/c1-2-8-16(9-3-1)20-17(12-14-6-4-10-18-14)13-15-7-5-11-19-15/h4-7,10-11H,1-3,8-9,12-13H2. The summed E-state index contributed by atoms with van der Waals surface area (Å²) in [6.07, 6.45) is 7.40. The second-order valence-corrected chi connectivity index (χ2v) is 6.22. The lowest BCUT2D eigenvalue weighted by molar-refractivity contribution is 0.323. The van der Waals surface area contributed by atoms with Gasteiger partial charge in [-0.05, 0) is 37.1 Å². The van der Waals surface area contributed by atoms with Crippen LogP contribution in [0.15, 0.2) is 45.6 Å². The zero-order valence-electron chi connectivity index (χ0n) is 11.5. The van der Waals surface area contributed by atoms with E-state index in [2.05, 4.69) is 8.61 Å². The predicted octanol–water partition coefficient (Wildman–Crippen LogP) is 3.92. The normalized spacial score (nSPS) is 16.9. The van der Waals surface area contributed by atoms with Gasteiger partial charge in [-0.15, -0.1) is 0 Å². The average Bonchev–Trinajstić information content (AvgIpc) is 3.13. The molecular weight excluding hydrogens is 272 g/mol. The summed E-state index contributed by atoms with van der Waals surface area (Å²) < 4.78 is 15.7. The molecule has 1 saturated heterocycles. The van der Waals surface area contributed by atoms with Crippen LogP contribution in [-0.2, 0) is 13.1 Å². The van der Waals surface area contributed by atoms with E-state index in [1.54, 1.807) is 12.5 Å². The van der Waals surface area contributed by atoms with Crippen LogP contribution < -0.4 is 0 Å². The number of piperidine rings is 1. The first-order chi connectivity index (χ1) is 9.90. The Morgan fingerprint density at radius 3 is 2.05 bits per heavy atom. The molecule has 0 N–H and O–H groups in total. The topological polar surface area (TPSA) is 32.8 Å². The summed E-state index contributed by atoms with van der Waals surface area (Å²) in [5.74, 6) is 1.97. The summed E-state index contributed by atoms with van der Waals surface area (Å²) in [6.45, 7) is 3.90. The van der Waals surface area contributed by atoms with E-state index in [4.69, 9.17) is 8.83 Å². The number of furan rings is 2. The molecular formula is C15H20N2O2S. The molecule has 108 valence electrons. The van der Waals surface area contributed by atoms with Crippen LogP contribution in [0.4, 0.5) is 0 Å². The maximum Gasteiger partial charge on any atom is 0.118 e. The van der Waals surface area contributed by atoms with Crippen molar-refractivity contribution >= 4 is 12.1 Å². The Bertz CT molecular complexity index is 442.